The van der Waals surface area contributed by atoms with E-state index in [1.807, 2.05) is 0 Å². The van der Waals surface area contributed by atoms with Gasteiger partial charge in [0.1, 0.15) is 0 Å². The molecule has 24 heavy (non-hydrogen) atoms. The van der Waals surface area contributed by atoms with Crippen LogP contribution < -0.4 is 0 Å². The lowest BCUT2D eigenvalue weighted by Gasteiger charge is -2.07. The Morgan fingerprint density at radius 3 is 1.58 bits per heavy atom. The van der Waals surface area contributed by atoms with Crippen molar-refractivity contribution in [2.45, 2.75) is 57.9 Å². The number of hydrogen-bond acceptors (Lipinski definition) is 1. The van der Waals surface area contributed by atoms with E-state index in [1.54, 1.807) is 0 Å². The van der Waals surface area contributed by atoms with Crippen molar-refractivity contribution >= 4 is 21.8 Å². The van der Waals surface area contributed by atoms with E-state index in [2.05, 4.69) is 53.1 Å². The lowest BCUT2D eigenvalue weighted by atomic mass is 10.1. The number of aromatic nitrogens is 1. The van der Waals surface area contributed by atoms with Crippen molar-refractivity contribution in [2.24, 2.45) is 0 Å². The van der Waals surface area contributed by atoms with Gasteiger partial charge < -0.3 is 9.67 Å². The second-order valence-electron chi connectivity index (χ2n) is 6.74. The van der Waals surface area contributed by atoms with Crippen LogP contribution in [0.5, 0.6) is 0 Å². The van der Waals surface area contributed by atoms with Gasteiger partial charge in [-0.25, -0.2) is 0 Å². The van der Waals surface area contributed by atoms with Crippen LogP contribution in [-0.4, -0.2) is 16.3 Å². The van der Waals surface area contributed by atoms with Crippen LogP contribution in [0.3, 0.4) is 0 Å². The molecule has 1 N–H and O–H groups in total. The topological polar surface area (TPSA) is 25.2 Å². The maximum absolute atomic E-state index is 8.78. The number of hydrogen-bond donors (Lipinski definition) is 1. The van der Waals surface area contributed by atoms with E-state index in [4.69, 9.17) is 5.11 Å². The quantitative estimate of drug-likeness (QED) is 0.461. The lowest BCUT2D eigenvalue weighted by molar-refractivity contribution is 0.282. The molecule has 0 aliphatic carbocycles. The second-order valence-corrected chi connectivity index (χ2v) is 6.74. The molecular formula is C22H29NO. The van der Waals surface area contributed by atoms with Crippen molar-refractivity contribution in [2.75, 3.05) is 6.61 Å². The van der Waals surface area contributed by atoms with Gasteiger partial charge in [0, 0.05) is 35.0 Å². The van der Waals surface area contributed by atoms with Gasteiger partial charge in [0.2, 0.25) is 0 Å². The molecule has 1 aromatic heterocycles. The summed E-state index contributed by atoms with van der Waals surface area (Å²) in [6.07, 6.45) is 9.95. The van der Waals surface area contributed by atoms with Crippen molar-refractivity contribution in [3.8, 4) is 0 Å². The third-order valence-corrected chi connectivity index (χ3v) is 4.97. The van der Waals surface area contributed by atoms with Crippen LogP contribution in [0.2, 0.25) is 0 Å². The molecule has 0 bridgehead atoms. The number of fused-ring (bicyclic) bond motifs is 3. The molecular weight excluding hydrogens is 294 g/mol. The van der Waals surface area contributed by atoms with Crippen LogP contribution in [-0.2, 0) is 6.54 Å². The van der Waals surface area contributed by atoms with Crippen LogP contribution in [0.4, 0.5) is 0 Å². The van der Waals surface area contributed by atoms with Gasteiger partial charge in [0.15, 0.2) is 0 Å². The van der Waals surface area contributed by atoms with E-state index in [9.17, 15) is 0 Å². The number of aliphatic hydroxyl groups is 1. The highest BCUT2D eigenvalue weighted by molar-refractivity contribution is 6.07. The minimum Gasteiger partial charge on any atom is -0.396 e. The van der Waals surface area contributed by atoms with E-state index < -0.39 is 0 Å². The fourth-order valence-corrected chi connectivity index (χ4v) is 3.69. The zero-order valence-electron chi connectivity index (χ0n) is 14.6. The smallest absolute Gasteiger partial charge is 0.0491 e. The van der Waals surface area contributed by atoms with Gasteiger partial charge in [-0.1, -0.05) is 74.9 Å². The minimum absolute atomic E-state index is 0.346. The molecule has 0 unspecified atom stereocenters. The van der Waals surface area contributed by atoms with Gasteiger partial charge in [0.25, 0.3) is 0 Å². The molecule has 0 aliphatic heterocycles. The summed E-state index contributed by atoms with van der Waals surface area (Å²) in [6, 6.07) is 17.5. The second kappa shape index (κ2) is 8.89. The zero-order valence-corrected chi connectivity index (χ0v) is 14.6. The monoisotopic (exact) mass is 323 g/mol. The molecule has 0 spiro atoms. The van der Waals surface area contributed by atoms with Crippen LogP contribution in [0.15, 0.2) is 48.5 Å². The molecule has 0 aliphatic rings. The maximum Gasteiger partial charge on any atom is 0.0491 e. The van der Waals surface area contributed by atoms with Crippen molar-refractivity contribution in [1.82, 2.24) is 4.57 Å². The Morgan fingerprint density at radius 2 is 1.04 bits per heavy atom. The Balaban J connectivity index is 1.54. The van der Waals surface area contributed by atoms with Crippen LogP contribution >= 0.6 is 0 Å². The molecule has 0 saturated carbocycles. The molecule has 0 saturated heterocycles. The zero-order chi connectivity index (χ0) is 16.6. The van der Waals surface area contributed by atoms with Crippen molar-refractivity contribution in [3.05, 3.63) is 48.5 Å². The molecule has 0 fully saturated rings. The van der Waals surface area contributed by atoms with E-state index in [-0.39, 0.29) is 0 Å². The normalized spacial score (nSPS) is 11.5. The lowest BCUT2D eigenvalue weighted by Crippen LogP contribution is -1.97. The van der Waals surface area contributed by atoms with Gasteiger partial charge in [-0.2, -0.15) is 0 Å². The third kappa shape index (κ3) is 3.99. The first-order valence-electron chi connectivity index (χ1n) is 9.48. The highest BCUT2D eigenvalue weighted by Crippen LogP contribution is 2.29. The first-order chi connectivity index (χ1) is 11.9. The fraction of sp³-hybridized carbons (Fsp3) is 0.455. The van der Waals surface area contributed by atoms with E-state index in [0.717, 1.165) is 13.0 Å². The first kappa shape index (κ1) is 17.0. The Bertz CT molecular complexity index is 706. The molecule has 3 aromatic rings. The van der Waals surface area contributed by atoms with Gasteiger partial charge >= 0.3 is 0 Å². The van der Waals surface area contributed by atoms with Gasteiger partial charge in [-0.15, -0.1) is 0 Å². The number of benzene rings is 2. The van der Waals surface area contributed by atoms with Crippen molar-refractivity contribution < 1.29 is 5.11 Å². The van der Waals surface area contributed by atoms with Crippen molar-refractivity contribution in [3.63, 3.8) is 0 Å². The Morgan fingerprint density at radius 1 is 0.583 bits per heavy atom. The molecule has 2 nitrogen and oxygen atoms in total. The largest absolute Gasteiger partial charge is 0.396 e. The number of nitrogens with zero attached hydrogens (tertiary/aromatic N) is 1. The van der Waals surface area contributed by atoms with Crippen molar-refractivity contribution in [1.29, 1.82) is 0 Å². The number of aliphatic hydroxyl groups excluding tert-OH is 1. The number of rotatable bonds is 10. The standard InChI is InChI=1S/C22H29NO/c24-18-12-6-4-2-1-3-5-11-17-23-21-15-9-7-13-19(21)20-14-8-10-16-22(20)23/h7-10,13-16,24H,1-6,11-12,17-18H2. The third-order valence-electron chi connectivity index (χ3n) is 4.97. The Labute approximate surface area is 145 Å². The Kier molecular flexibility index (Phi) is 6.31. The molecule has 1 heterocycles. The summed E-state index contributed by atoms with van der Waals surface area (Å²) in [5.74, 6) is 0. The van der Waals surface area contributed by atoms with E-state index >= 15 is 0 Å². The van der Waals surface area contributed by atoms with E-state index in [0.29, 0.717) is 6.61 Å². The molecule has 0 atom stereocenters. The maximum atomic E-state index is 8.78. The van der Waals surface area contributed by atoms with Gasteiger partial charge in [-0.05, 0) is 25.0 Å². The fourth-order valence-electron chi connectivity index (χ4n) is 3.69. The average molecular weight is 323 g/mol. The number of unbranched alkanes of at least 4 members (excludes halogenated alkanes) is 7. The summed E-state index contributed by atoms with van der Waals surface area (Å²) in [7, 11) is 0. The SMILES string of the molecule is OCCCCCCCCCCn1c2ccccc2c2ccccc21. The molecule has 0 radical (unpaired) electrons. The summed E-state index contributed by atoms with van der Waals surface area (Å²) < 4.78 is 2.49. The first-order valence-corrected chi connectivity index (χ1v) is 9.48. The van der Waals surface area contributed by atoms with Crippen LogP contribution in [0.25, 0.3) is 21.8 Å². The van der Waals surface area contributed by atoms with Crippen LogP contribution in [0, 0.1) is 0 Å². The summed E-state index contributed by atoms with van der Waals surface area (Å²) in [5.41, 5.74) is 2.73. The summed E-state index contributed by atoms with van der Waals surface area (Å²) in [4.78, 5) is 0. The predicted octanol–water partition coefficient (Wildman–Crippen LogP) is 5.91. The summed E-state index contributed by atoms with van der Waals surface area (Å²) >= 11 is 0. The molecule has 0 amide bonds. The van der Waals surface area contributed by atoms with Gasteiger partial charge in [-0.3, -0.25) is 0 Å². The summed E-state index contributed by atoms with van der Waals surface area (Å²) in [5, 5.41) is 11.5. The average Bonchev–Trinajstić information content (AvgIpc) is 2.95. The Hall–Kier alpha value is -1.80. The molecule has 128 valence electrons. The highest BCUT2D eigenvalue weighted by Gasteiger charge is 2.08. The molecule has 3 rings (SSSR count). The van der Waals surface area contributed by atoms with E-state index in [1.165, 1.54) is 66.8 Å². The molecule has 2 aromatic carbocycles. The van der Waals surface area contributed by atoms with Gasteiger partial charge in [0.05, 0.1) is 0 Å². The predicted molar refractivity (Wildman–Crippen MR) is 103 cm³/mol. The number of aryl methyl sites for hydroxylation is 1. The molecule has 2 heteroatoms. The number of para-hydroxylation sites is 2. The summed E-state index contributed by atoms with van der Waals surface area (Å²) in [6.45, 7) is 1.46. The minimum atomic E-state index is 0.346. The van der Waals surface area contributed by atoms with Crippen LogP contribution in [0.1, 0.15) is 51.4 Å². The highest BCUT2D eigenvalue weighted by atomic mass is 16.2.